The van der Waals surface area contributed by atoms with Crippen molar-refractivity contribution in [2.45, 2.75) is 6.42 Å². The molecule has 6 nitrogen and oxygen atoms in total. The van der Waals surface area contributed by atoms with Gasteiger partial charge >= 0.3 is 6.09 Å². The highest BCUT2D eigenvalue weighted by atomic mass is 35.5. The fraction of sp³-hybridized carbons (Fsp3) is 0.263. The van der Waals surface area contributed by atoms with Crippen LogP contribution in [0.25, 0.3) is 0 Å². The van der Waals surface area contributed by atoms with Gasteiger partial charge in [0.15, 0.2) is 0 Å². The van der Waals surface area contributed by atoms with Gasteiger partial charge in [0.05, 0.1) is 21.3 Å². The lowest BCUT2D eigenvalue weighted by molar-refractivity contribution is 0.0760. The molecular formula is C19H19Cl2N3O3. The van der Waals surface area contributed by atoms with E-state index in [-0.39, 0.29) is 16.6 Å². The summed E-state index contributed by atoms with van der Waals surface area (Å²) < 4.78 is 5.37. The largest absolute Gasteiger partial charge is 0.415 e. The Morgan fingerprint density at radius 1 is 0.926 bits per heavy atom. The molecule has 0 unspecified atom stereocenters. The molecular weight excluding hydrogens is 389 g/mol. The molecule has 2 aromatic rings. The van der Waals surface area contributed by atoms with Gasteiger partial charge in [0.25, 0.3) is 5.91 Å². The van der Waals surface area contributed by atoms with Crippen LogP contribution >= 0.6 is 23.2 Å². The normalized spacial score (nSPS) is 14.6. The number of ether oxygens (including phenoxy) is 1. The first-order valence-corrected chi connectivity index (χ1v) is 9.27. The maximum Gasteiger partial charge on any atom is 0.415 e. The van der Waals surface area contributed by atoms with Crippen LogP contribution in [0, 0.1) is 0 Å². The summed E-state index contributed by atoms with van der Waals surface area (Å²) in [7, 11) is 0. The third-order valence-electron chi connectivity index (χ3n) is 4.35. The summed E-state index contributed by atoms with van der Waals surface area (Å²) in [6.45, 7) is 1.76. The van der Waals surface area contributed by atoms with Crippen LogP contribution < -0.4 is 10.5 Å². The van der Waals surface area contributed by atoms with E-state index in [1.54, 1.807) is 46.2 Å². The highest BCUT2D eigenvalue weighted by molar-refractivity contribution is 6.40. The number of carbonyl (C=O) groups is 2. The minimum atomic E-state index is -0.427. The van der Waals surface area contributed by atoms with Crippen LogP contribution in [0.5, 0.6) is 5.75 Å². The molecule has 1 fully saturated rings. The molecule has 2 amide bonds. The minimum Gasteiger partial charge on any atom is -0.410 e. The number of rotatable bonds is 2. The first-order chi connectivity index (χ1) is 13.0. The fourth-order valence-corrected chi connectivity index (χ4v) is 3.31. The molecule has 0 saturated carbocycles. The summed E-state index contributed by atoms with van der Waals surface area (Å²) in [6, 6.07) is 12.0. The van der Waals surface area contributed by atoms with Crippen molar-refractivity contribution in [3.8, 4) is 5.75 Å². The maximum atomic E-state index is 12.8. The Hall–Kier alpha value is -2.44. The number of nitrogen functional groups attached to an aromatic ring is 1. The van der Waals surface area contributed by atoms with Gasteiger partial charge in [-0.15, -0.1) is 0 Å². The van der Waals surface area contributed by atoms with Gasteiger partial charge in [0, 0.05) is 26.2 Å². The molecule has 2 aromatic carbocycles. The van der Waals surface area contributed by atoms with Crippen LogP contribution in [0.15, 0.2) is 42.5 Å². The molecule has 1 aliphatic rings. The Bertz CT molecular complexity index is 846. The highest BCUT2D eigenvalue weighted by Gasteiger charge is 2.25. The van der Waals surface area contributed by atoms with E-state index in [0.29, 0.717) is 48.9 Å². The molecule has 0 radical (unpaired) electrons. The van der Waals surface area contributed by atoms with E-state index in [1.165, 1.54) is 0 Å². The number of hydrogen-bond donors (Lipinski definition) is 1. The third kappa shape index (κ3) is 4.46. The zero-order valence-electron chi connectivity index (χ0n) is 14.5. The smallest absolute Gasteiger partial charge is 0.410 e. The second-order valence-electron chi connectivity index (χ2n) is 6.14. The summed E-state index contributed by atoms with van der Waals surface area (Å²) in [5.41, 5.74) is 6.30. The van der Waals surface area contributed by atoms with Gasteiger partial charge in [-0.05, 0) is 30.7 Å². The number of nitrogens with zero attached hydrogens (tertiary/aromatic N) is 2. The zero-order valence-corrected chi connectivity index (χ0v) is 16.0. The van der Waals surface area contributed by atoms with Crippen LogP contribution in [-0.2, 0) is 0 Å². The van der Waals surface area contributed by atoms with Gasteiger partial charge in [0.2, 0.25) is 0 Å². The van der Waals surface area contributed by atoms with E-state index in [4.69, 9.17) is 33.7 Å². The number of halogens is 2. The molecule has 0 spiro atoms. The van der Waals surface area contributed by atoms with E-state index in [1.807, 2.05) is 6.07 Å². The van der Waals surface area contributed by atoms with Crippen molar-refractivity contribution in [2.24, 2.45) is 0 Å². The topological polar surface area (TPSA) is 75.9 Å². The molecule has 27 heavy (non-hydrogen) atoms. The van der Waals surface area contributed by atoms with Crippen molar-refractivity contribution in [3.05, 3.63) is 58.1 Å². The third-order valence-corrected chi connectivity index (χ3v) is 5.08. The number of anilines is 1. The molecule has 1 aliphatic heterocycles. The van der Waals surface area contributed by atoms with E-state index < -0.39 is 6.09 Å². The molecule has 8 heteroatoms. The summed E-state index contributed by atoms with van der Waals surface area (Å²) in [5.74, 6) is 0.254. The number of carbonyl (C=O) groups excluding carboxylic acids is 2. The van der Waals surface area contributed by atoms with Gasteiger partial charge in [-0.2, -0.15) is 0 Å². The van der Waals surface area contributed by atoms with Crippen molar-refractivity contribution in [1.29, 1.82) is 0 Å². The van der Waals surface area contributed by atoms with Crippen LogP contribution in [0.1, 0.15) is 16.8 Å². The van der Waals surface area contributed by atoms with Gasteiger partial charge in [-0.3, -0.25) is 4.79 Å². The maximum absolute atomic E-state index is 12.8. The summed E-state index contributed by atoms with van der Waals surface area (Å²) in [6.07, 6.45) is 0.209. The molecule has 0 aromatic heterocycles. The zero-order chi connectivity index (χ0) is 19.4. The quantitative estimate of drug-likeness (QED) is 0.765. The fourth-order valence-electron chi connectivity index (χ4n) is 2.86. The molecule has 0 aliphatic carbocycles. The minimum absolute atomic E-state index is 0.150. The summed E-state index contributed by atoms with van der Waals surface area (Å²) in [4.78, 5) is 28.4. The molecule has 0 bridgehead atoms. The van der Waals surface area contributed by atoms with Gasteiger partial charge in [-0.1, -0.05) is 41.4 Å². The van der Waals surface area contributed by atoms with Gasteiger partial charge < -0.3 is 20.3 Å². The Labute approximate surface area is 167 Å². The number of nitrogens with two attached hydrogens (primary N) is 1. The van der Waals surface area contributed by atoms with E-state index >= 15 is 0 Å². The number of amides is 2. The Morgan fingerprint density at radius 3 is 2.33 bits per heavy atom. The van der Waals surface area contributed by atoms with Crippen molar-refractivity contribution in [3.63, 3.8) is 0 Å². The van der Waals surface area contributed by atoms with Crippen LogP contribution in [0.2, 0.25) is 10.0 Å². The van der Waals surface area contributed by atoms with Crippen molar-refractivity contribution in [2.75, 3.05) is 31.9 Å². The van der Waals surface area contributed by atoms with Crippen molar-refractivity contribution >= 4 is 40.9 Å². The predicted molar refractivity (Wildman–Crippen MR) is 105 cm³/mol. The van der Waals surface area contributed by atoms with Crippen LogP contribution in [-0.4, -0.2) is 48.0 Å². The number of benzene rings is 2. The molecule has 1 heterocycles. The summed E-state index contributed by atoms with van der Waals surface area (Å²) in [5, 5.41) is 0.458. The number of hydrogen-bond acceptors (Lipinski definition) is 4. The lowest BCUT2D eigenvalue weighted by Crippen LogP contribution is -2.38. The lowest BCUT2D eigenvalue weighted by atomic mass is 10.1. The Morgan fingerprint density at radius 2 is 1.59 bits per heavy atom. The van der Waals surface area contributed by atoms with Gasteiger partial charge in [-0.25, -0.2) is 4.79 Å². The van der Waals surface area contributed by atoms with Gasteiger partial charge in [0.1, 0.15) is 5.75 Å². The van der Waals surface area contributed by atoms with E-state index in [9.17, 15) is 9.59 Å². The van der Waals surface area contributed by atoms with Crippen molar-refractivity contribution < 1.29 is 14.3 Å². The molecule has 0 atom stereocenters. The monoisotopic (exact) mass is 407 g/mol. The highest BCUT2D eigenvalue weighted by Crippen LogP contribution is 2.31. The average Bonchev–Trinajstić information content (AvgIpc) is 2.93. The number of para-hydroxylation sites is 1. The Kier molecular flexibility index (Phi) is 6.08. The molecule has 142 valence electrons. The lowest BCUT2D eigenvalue weighted by Gasteiger charge is -2.22. The Balaban J connectivity index is 1.65. The SMILES string of the molecule is Nc1c(Cl)ccc(C(=O)N2CCCN(C(=O)Oc3ccccc3)CC2)c1Cl. The second-order valence-corrected chi connectivity index (χ2v) is 6.92. The molecule has 1 saturated heterocycles. The molecule has 2 N–H and O–H groups in total. The predicted octanol–water partition coefficient (Wildman–Crippen LogP) is 3.92. The summed E-state index contributed by atoms with van der Waals surface area (Å²) >= 11 is 12.1. The second kappa shape index (κ2) is 8.50. The first-order valence-electron chi connectivity index (χ1n) is 8.52. The van der Waals surface area contributed by atoms with Crippen LogP contribution in [0.4, 0.5) is 10.5 Å². The average molecular weight is 408 g/mol. The van der Waals surface area contributed by atoms with E-state index in [2.05, 4.69) is 0 Å². The van der Waals surface area contributed by atoms with Crippen LogP contribution in [0.3, 0.4) is 0 Å². The van der Waals surface area contributed by atoms with Crippen molar-refractivity contribution in [1.82, 2.24) is 9.80 Å². The first kappa shape index (κ1) is 19.3. The van der Waals surface area contributed by atoms with E-state index in [0.717, 1.165) is 0 Å². The molecule has 3 rings (SSSR count). The standard InChI is InChI=1S/C19H19Cl2N3O3/c20-15-8-7-14(16(21)17(15)22)18(25)23-9-4-10-24(12-11-23)19(26)27-13-5-2-1-3-6-13/h1-3,5-8H,4,9-12,22H2.